The van der Waals surface area contributed by atoms with E-state index in [-0.39, 0.29) is 17.3 Å². The number of ether oxygens (including phenoxy) is 1. The maximum Gasteiger partial charge on any atom is 0.276 e. The van der Waals surface area contributed by atoms with Crippen LogP contribution in [-0.2, 0) is 7.05 Å². The van der Waals surface area contributed by atoms with Crippen molar-refractivity contribution in [1.82, 2.24) is 14.8 Å². The van der Waals surface area contributed by atoms with E-state index in [1.165, 1.54) is 36.2 Å². The third kappa shape index (κ3) is 3.18. The number of aromatic hydroxyl groups is 1. The molecular formula is C17H14F2N4O3. The Morgan fingerprint density at radius 3 is 2.58 bits per heavy atom. The molecule has 0 bridgehead atoms. The summed E-state index contributed by atoms with van der Waals surface area (Å²) in [7, 11) is 2.97. The molecule has 3 aromatic rings. The van der Waals surface area contributed by atoms with E-state index in [0.717, 1.165) is 12.1 Å². The van der Waals surface area contributed by atoms with Crippen LogP contribution in [0.1, 0.15) is 10.5 Å². The molecular weight excluding hydrogens is 346 g/mol. The monoisotopic (exact) mass is 360 g/mol. The van der Waals surface area contributed by atoms with Crippen LogP contribution < -0.4 is 10.1 Å². The van der Waals surface area contributed by atoms with Crippen LogP contribution in [0.2, 0.25) is 0 Å². The highest BCUT2D eigenvalue weighted by atomic mass is 19.1. The van der Waals surface area contributed by atoms with Gasteiger partial charge in [-0.1, -0.05) is 6.07 Å². The lowest BCUT2D eigenvalue weighted by Crippen LogP contribution is -2.15. The Balaban J connectivity index is 1.92. The molecule has 0 aliphatic carbocycles. The van der Waals surface area contributed by atoms with Gasteiger partial charge in [0.05, 0.1) is 18.4 Å². The number of aryl methyl sites for hydroxylation is 1. The molecule has 0 aliphatic heterocycles. The fraction of sp³-hybridized carbons (Fsp3) is 0.118. The molecule has 0 fully saturated rings. The topological polar surface area (TPSA) is 89.3 Å². The number of para-hydroxylation sites is 1. The van der Waals surface area contributed by atoms with Gasteiger partial charge in [-0.2, -0.15) is 5.10 Å². The average molecular weight is 360 g/mol. The van der Waals surface area contributed by atoms with Gasteiger partial charge in [0.15, 0.2) is 5.69 Å². The molecule has 134 valence electrons. The Morgan fingerprint density at radius 2 is 1.96 bits per heavy atom. The van der Waals surface area contributed by atoms with Gasteiger partial charge in [-0.05, 0) is 18.2 Å². The Hall–Kier alpha value is -3.49. The van der Waals surface area contributed by atoms with Crippen LogP contribution in [0.15, 0.2) is 36.5 Å². The van der Waals surface area contributed by atoms with Gasteiger partial charge < -0.3 is 15.2 Å². The number of methoxy groups -OCH3 is 1. The first-order valence-corrected chi connectivity index (χ1v) is 7.43. The van der Waals surface area contributed by atoms with E-state index in [4.69, 9.17) is 4.74 Å². The molecule has 7 nitrogen and oxygen atoms in total. The summed E-state index contributed by atoms with van der Waals surface area (Å²) in [5.74, 6) is -2.48. The van der Waals surface area contributed by atoms with Crippen molar-refractivity contribution in [3.05, 3.63) is 53.9 Å². The van der Waals surface area contributed by atoms with Crippen LogP contribution in [0.4, 0.5) is 14.5 Å². The first kappa shape index (κ1) is 17.3. The summed E-state index contributed by atoms with van der Waals surface area (Å²) >= 11 is 0. The molecule has 1 amide bonds. The summed E-state index contributed by atoms with van der Waals surface area (Å²) in [5.41, 5.74) is 0.0627. The van der Waals surface area contributed by atoms with Crippen molar-refractivity contribution in [2.75, 3.05) is 12.4 Å². The maximum absolute atomic E-state index is 13.7. The molecule has 2 aromatic heterocycles. The van der Waals surface area contributed by atoms with Crippen LogP contribution in [0, 0.1) is 11.6 Å². The first-order valence-electron chi connectivity index (χ1n) is 7.43. The predicted octanol–water partition coefficient (Wildman–Crippen LogP) is 2.73. The third-order valence-electron chi connectivity index (χ3n) is 3.66. The van der Waals surface area contributed by atoms with Crippen molar-refractivity contribution in [1.29, 1.82) is 0 Å². The fourth-order valence-corrected chi connectivity index (χ4v) is 2.36. The number of benzene rings is 1. The number of aromatic nitrogens is 3. The maximum atomic E-state index is 13.7. The average Bonchev–Trinajstić information content (AvgIpc) is 2.99. The van der Waals surface area contributed by atoms with E-state index >= 15 is 0 Å². The second-order valence-electron chi connectivity index (χ2n) is 5.33. The Morgan fingerprint density at radius 1 is 1.27 bits per heavy atom. The number of hydrogen-bond donors (Lipinski definition) is 2. The lowest BCUT2D eigenvalue weighted by molar-refractivity contribution is 0.102. The largest absolute Gasteiger partial charge is 0.507 e. The summed E-state index contributed by atoms with van der Waals surface area (Å²) in [6.45, 7) is 0. The van der Waals surface area contributed by atoms with E-state index in [0.29, 0.717) is 11.3 Å². The van der Waals surface area contributed by atoms with E-state index < -0.39 is 23.2 Å². The minimum atomic E-state index is -0.897. The fourth-order valence-electron chi connectivity index (χ4n) is 2.36. The molecule has 9 heteroatoms. The second-order valence-corrected chi connectivity index (χ2v) is 5.33. The molecule has 26 heavy (non-hydrogen) atoms. The number of pyridine rings is 1. The van der Waals surface area contributed by atoms with Crippen LogP contribution in [0.3, 0.4) is 0 Å². The molecule has 0 radical (unpaired) electrons. The van der Waals surface area contributed by atoms with E-state index in [2.05, 4.69) is 15.4 Å². The zero-order valence-corrected chi connectivity index (χ0v) is 13.8. The molecule has 2 N–H and O–H groups in total. The molecule has 0 aliphatic rings. The van der Waals surface area contributed by atoms with Gasteiger partial charge in [-0.25, -0.2) is 13.8 Å². The van der Waals surface area contributed by atoms with Crippen LogP contribution in [-0.4, -0.2) is 32.9 Å². The Labute approximate surface area is 146 Å². The van der Waals surface area contributed by atoms with Crippen molar-refractivity contribution < 1.29 is 23.4 Å². The summed E-state index contributed by atoms with van der Waals surface area (Å²) < 4.78 is 33.6. The zero-order chi connectivity index (χ0) is 18.8. The van der Waals surface area contributed by atoms with Gasteiger partial charge in [0, 0.05) is 19.3 Å². The smallest absolute Gasteiger partial charge is 0.276 e. The Kier molecular flexibility index (Phi) is 4.53. The standard InChI is InChI=1S/C17H14F2N4O3/c1-23-13(9-8-20-15(26-2)7-14(9)24)6-12(22-23)17(25)21-16-10(18)4-3-5-11(16)19/h3-8H,1-2H3,(H,20,24)(H,21,25). The van der Waals surface area contributed by atoms with Crippen LogP contribution in [0.25, 0.3) is 11.3 Å². The quantitative estimate of drug-likeness (QED) is 0.747. The summed E-state index contributed by atoms with van der Waals surface area (Å²) in [6, 6.07) is 5.94. The lowest BCUT2D eigenvalue weighted by atomic mass is 10.1. The van der Waals surface area contributed by atoms with Crippen molar-refractivity contribution >= 4 is 11.6 Å². The number of hydrogen-bond acceptors (Lipinski definition) is 5. The van der Waals surface area contributed by atoms with Crippen molar-refractivity contribution in [2.45, 2.75) is 0 Å². The van der Waals surface area contributed by atoms with Gasteiger partial charge in [-0.3, -0.25) is 9.48 Å². The number of nitrogens with one attached hydrogen (secondary N) is 1. The molecule has 3 rings (SSSR count). The molecule has 2 heterocycles. The molecule has 0 spiro atoms. The number of rotatable bonds is 4. The van der Waals surface area contributed by atoms with Crippen molar-refractivity contribution in [3.63, 3.8) is 0 Å². The molecule has 0 unspecified atom stereocenters. The highest BCUT2D eigenvalue weighted by Crippen LogP contribution is 2.31. The van der Waals surface area contributed by atoms with Crippen LogP contribution in [0.5, 0.6) is 11.6 Å². The summed E-state index contributed by atoms with van der Waals surface area (Å²) in [4.78, 5) is 16.3. The normalized spacial score (nSPS) is 10.6. The predicted molar refractivity (Wildman–Crippen MR) is 89.0 cm³/mol. The number of carbonyl (C=O) groups excluding carboxylic acids is 1. The van der Waals surface area contributed by atoms with Crippen molar-refractivity contribution in [2.24, 2.45) is 7.05 Å². The SMILES string of the molecule is COc1cc(O)c(-c2cc(C(=O)Nc3c(F)cccc3F)nn2C)cn1. The van der Waals surface area contributed by atoms with E-state index in [1.807, 2.05) is 0 Å². The molecule has 0 saturated carbocycles. The van der Waals surface area contributed by atoms with Crippen LogP contribution >= 0.6 is 0 Å². The molecule has 0 saturated heterocycles. The van der Waals surface area contributed by atoms with Crippen molar-refractivity contribution in [3.8, 4) is 22.9 Å². The van der Waals surface area contributed by atoms with Gasteiger partial charge in [0.25, 0.3) is 5.91 Å². The number of anilines is 1. The highest BCUT2D eigenvalue weighted by Gasteiger charge is 2.19. The van der Waals surface area contributed by atoms with Gasteiger partial charge in [0.2, 0.25) is 5.88 Å². The highest BCUT2D eigenvalue weighted by molar-refractivity contribution is 6.03. The van der Waals surface area contributed by atoms with Gasteiger partial charge in [0.1, 0.15) is 23.1 Å². The number of carbonyl (C=O) groups is 1. The third-order valence-corrected chi connectivity index (χ3v) is 3.66. The first-order chi connectivity index (χ1) is 12.4. The summed E-state index contributed by atoms with van der Waals surface area (Å²) in [5, 5.41) is 16.3. The minimum Gasteiger partial charge on any atom is -0.507 e. The summed E-state index contributed by atoms with van der Waals surface area (Å²) in [6.07, 6.45) is 1.36. The number of amides is 1. The number of halogens is 2. The van der Waals surface area contributed by atoms with E-state index in [9.17, 15) is 18.7 Å². The second kappa shape index (κ2) is 6.79. The molecule has 1 aromatic carbocycles. The Bertz CT molecular complexity index is 968. The molecule has 0 atom stereocenters. The van der Waals surface area contributed by atoms with Gasteiger partial charge >= 0.3 is 0 Å². The number of nitrogens with zero attached hydrogens (tertiary/aromatic N) is 3. The zero-order valence-electron chi connectivity index (χ0n) is 13.8. The van der Waals surface area contributed by atoms with E-state index in [1.54, 1.807) is 7.05 Å². The lowest BCUT2D eigenvalue weighted by Gasteiger charge is -2.05. The minimum absolute atomic E-state index is 0.0830. The van der Waals surface area contributed by atoms with Gasteiger partial charge in [-0.15, -0.1) is 0 Å².